The molecular formula is C9H8OSe. The molecule has 0 aliphatic rings. The zero-order chi connectivity index (χ0) is 8.10. The minimum atomic E-state index is -0.0803. The molecule has 0 atom stereocenters. The third-order valence-electron chi connectivity index (χ3n) is 1.13. The van der Waals surface area contributed by atoms with E-state index in [4.69, 9.17) is 0 Å². The van der Waals surface area contributed by atoms with Crippen LogP contribution >= 0.6 is 0 Å². The first kappa shape index (κ1) is 8.25. The molecule has 0 aliphatic carbocycles. The van der Waals surface area contributed by atoms with E-state index in [0.29, 0.717) is 0 Å². The fourth-order valence-corrected chi connectivity index (χ4v) is 1.92. The number of hydrogen-bond acceptors (Lipinski definition) is 1. The van der Waals surface area contributed by atoms with E-state index in [1.165, 1.54) is 6.08 Å². The number of benzene rings is 1. The Morgan fingerprint density at radius 1 is 1.36 bits per heavy atom. The van der Waals surface area contributed by atoms with E-state index in [1.807, 2.05) is 30.3 Å². The molecule has 1 aromatic rings. The molecule has 56 valence electrons. The quantitative estimate of drug-likeness (QED) is 0.532. The number of rotatable bonds is 3. The maximum absolute atomic E-state index is 10.9. The van der Waals surface area contributed by atoms with Crippen molar-refractivity contribution in [3.63, 3.8) is 0 Å². The molecule has 0 aliphatic heterocycles. The Morgan fingerprint density at radius 2 is 2.00 bits per heavy atom. The maximum atomic E-state index is 10.9. The van der Waals surface area contributed by atoms with Gasteiger partial charge in [0.25, 0.3) is 0 Å². The second-order valence-electron chi connectivity index (χ2n) is 1.94. The van der Waals surface area contributed by atoms with Crippen LogP contribution in [0.4, 0.5) is 0 Å². The molecule has 1 rings (SSSR count). The Kier molecular flexibility index (Phi) is 3.09. The number of carbonyl (C=O) groups is 1. The summed E-state index contributed by atoms with van der Waals surface area (Å²) >= 11 is -0.0803. The normalized spacial score (nSPS) is 9.09. The SMILES string of the molecule is C=CC(=O)[Se]c1ccccc1. The van der Waals surface area contributed by atoms with Crippen molar-refractivity contribution in [3.8, 4) is 0 Å². The van der Waals surface area contributed by atoms with Crippen molar-refractivity contribution in [2.24, 2.45) is 0 Å². The minimum absolute atomic E-state index is 0.0803. The Balaban J connectivity index is 2.65. The molecule has 0 radical (unpaired) electrons. The first-order valence-corrected chi connectivity index (χ1v) is 4.93. The fourth-order valence-electron chi connectivity index (χ4n) is 0.646. The zero-order valence-corrected chi connectivity index (χ0v) is 7.70. The van der Waals surface area contributed by atoms with Gasteiger partial charge in [0.2, 0.25) is 0 Å². The Bertz CT molecular complexity index is 254. The van der Waals surface area contributed by atoms with E-state index in [-0.39, 0.29) is 19.6 Å². The van der Waals surface area contributed by atoms with E-state index >= 15 is 0 Å². The van der Waals surface area contributed by atoms with Gasteiger partial charge in [-0.3, -0.25) is 0 Å². The van der Waals surface area contributed by atoms with Gasteiger partial charge in [0.1, 0.15) is 0 Å². The van der Waals surface area contributed by atoms with Crippen LogP contribution < -0.4 is 4.46 Å². The van der Waals surface area contributed by atoms with Gasteiger partial charge in [-0.25, -0.2) is 0 Å². The van der Waals surface area contributed by atoms with Gasteiger partial charge >= 0.3 is 71.9 Å². The van der Waals surface area contributed by atoms with Crippen molar-refractivity contribution < 1.29 is 4.79 Å². The predicted octanol–water partition coefficient (Wildman–Crippen LogP) is 0.729. The first-order valence-electron chi connectivity index (χ1n) is 3.22. The number of hydrogen-bond donors (Lipinski definition) is 0. The third kappa shape index (κ3) is 2.70. The molecule has 0 N–H and O–H groups in total. The average Bonchev–Trinajstić information content (AvgIpc) is 2.06. The molecule has 0 saturated heterocycles. The van der Waals surface area contributed by atoms with Gasteiger partial charge < -0.3 is 0 Å². The Morgan fingerprint density at radius 3 is 2.55 bits per heavy atom. The van der Waals surface area contributed by atoms with Crippen LogP contribution in [0.1, 0.15) is 0 Å². The molecule has 1 nitrogen and oxygen atoms in total. The van der Waals surface area contributed by atoms with Crippen LogP contribution in [0.25, 0.3) is 0 Å². The van der Waals surface area contributed by atoms with E-state index in [0.717, 1.165) is 4.46 Å². The van der Waals surface area contributed by atoms with Crippen LogP contribution in [0.5, 0.6) is 0 Å². The standard InChI is InChI=1S/C9H8OSe/c1-2-9(10)11-8-6-4-3-5-7-8/h2-7H,1H2. The summed E-state index contributed by atoms with van der Waals surface area (Å²) in [6, 6.07) is 9.74. The summed E-state index contributed by atoms with van der Waals surface area (Å²) in [5.74, 6) is 0. The van der Waals surface area contributed by atoms with Gasteiger partial charge in [0, 0.05) is 0 Å². The van der Waals surface area contributed by atoms with Gasteiger partial charge in [-0.2, -0.15) is 0 Å². The van der Waals surface area contributed by atoms with Crippen LogP contribution in [0.3, 0.4) is 0 Å². The second-order valence-corrected chi connectivity index (χ2v) is 4.20. The van der Waals surface area contributed by atoms with Crippen LogP contribution in [-0.2, 0) is 4.79 Å². The first-order chi connectivity index (χ1) is 5.33. The molecule has 0 heterocycles. The molecule has 0 spiro atoms. The number of carbonyl (C=O) groups excluding carboxylic acids is 1. The summed E-state index contributed by atoms with van der Waals surface area (Å²) in [4.78, 5) is 10.9. The molecule has 2 heteroatoms. The summed E-state index contributed by atoms with van der Waals surface area (Å²) in [6.45, 7) is 3.42. The van der Waals surface area contributed by atoms with Gasteiger partial charge in [0.15, 0.2) is 0 Å². The number of allylic oxidation sites excluding steroid dienone is 1. The average molecular weight is 211 g/mol. The van der Waals surface area contributed by atoms with Crippen LogP contribution in [0.15, 0.2) is 43.0 Å². The third-order valence-corrected chi connectivity index (χ3v) is 2.97. The van der Waals surface area contributed by atoms with Crippen LogP contribution in [-0.4, -0.2) is 19.6 Å². The molecule has 1 aromatic carbocycles. The molecule has 0 bridgehead atoms. The van der Waals surface area contributed by atoms with E-state index in [9.17, 15) is 4.79 Å². The van der Waals surface area contributed by atoms with Gasteiger partial charge in [-0.15, -0.1) is 0 Å². The van der Waals surface area contributed by atoms with Crippen molar-refractivity contribution in [1.29, 1.82) is 0 Å². The topological polar surface area (TPSA) is 17.1 Å². The van der Waals surface area contributed by atoms with Gasteiger partial charge in [-0.05, 0) is 0 Å². The van der Waals surface area contributed by atoms with Crippen molar-refractivity contribution in [1.82, 2.24) is 0 Å². The molecule has 0 unspecified atom stereocenters. The predicted molar refractivity (Wildman–Crippen MR) is 47.0 cm³/mol. The molecule has 11 heavy (non-hydrogen) atoms. The molecule has 0 amide bonds. The summed E-state index contributed by atoms with van der Waals surface area (Å²) in [6.07, 6.45) is 1.38. The van der Waals surface area contributed by atoms with E-state index in [2.05, 4.69) is 6.58 Å². The van der Waals surface area contributed by atoms with E-state index in [1.54, 1.807) is 0 Å². The molecule has 0 fully saturated rings. The Hall–Kier alpha value is -0.851. The van der Waals surface area contributed by atoms with Gasteiger partial charge in [-0.1, -0.05) is 0 Å². The summed E-state index contributed by atoms with van der Waals surface area (Å²) in [5.41, 5.74) is 0. The second kappa shape index (κ2) is 4.12. The van der Waals surface area contributed by atoms with Crippen molar-refractivity contribution in [2.45, 2.75) is 0 Å². The molecule has 0 saturated carbocycles. The van der Waals surface area contributed by atoms with Crippen molar-refractivity contribution >= 4 is 24.1 Å². The van der Waals surface area contributed by atoms with Crippen LogP contribution in [0.2, 0.25) is 0 Å². The molecule has 0 aromatic heterocycles. The van der Waals surface area contributed by atoms with E-state index < -0.39 is 0 Å². The van der Waals surface area contributed by atoms with Crippen molar-refractivity contribution in [3.05, 3.63) is 43.0 Å². The summed E-state index contributed by atoms with van der Waals surface area (Å²) in [7, 11) is 0. The Labute approximate surface area is 72.3 Å². The molecular weight excluding hydrogens is 203 g/mol. The van der Waals surface area contributed by atoms with Crippen molar-refractivity contribution in [2.75, 3.05) is 0 Å². The monoisotopic (exact) mass is 212 g/mol. The summed E-state index contributed by atoms with van der Waals surface area (Å²) < 4.78 is 1.23. The zero-order valence-electron chi connectivity index (χ0n) is 5.99. The van der Waals surface area contributed by atoms with Gasteiger partial charge in [0.05, 0.1) is 0 Å². The summed E-state index contributed by atoms with van der Waals surface area (Å²) in [5, 5.41) is 0. The van der Waals surface area contributed by atoms with Crippen LogP contribution in [0, 0.1) is 0 Å². The fraction of sp³-hybridized carbons (Fsp3) is 0.